The molecule has 0 fully saturated rings. The molecular weight excluding hydrogens is 451 g/mol. The average Bonchev–Trinajstić information content (AvgIpc) is 2.57. The van der Waals surface area contributed by atoms with Gasteiger partial charge >= 0.3 is 0 Å². The first-order valence-electron chi connectivity index (χ1n) is 7.71. The average molecular weight is 476 g/mol. The minimum atomic E-state index is -0.248. The van der Waals surface area contributed by atoms with Crippen molar-refractivity contribution >= 4 is 48.0 Å². The van der Waals surface area contributed by atoms with E-state index in [1.807, 2.05) is 28.1 Å². The molecule has 2 amide bonds. The van der Waals surface area contributed by atoms with Gasteiger partial charge in [-0.1, -0.05) is 6.92 Å². The Morgan fingerprint density at radius 3 is 2.25 bits per heavy atom. The molecule has 0 radical (unpaired) electrons. The topological polar surface area (TPSA) is 103 Å². The molecule has 8 nitrogen and oxygen atoms in total. The number of hydrogen-bond acceptors (Lipinski definition) is 7. The summed E-state index contributed by atoms with van der Waals surface area (Å²) in [5.74, 6) is -0.204. The van der Waals surface area contributed by atoms with Gasteiger partial charge in [0.05, 0.1) is 42.1 Å². The first-order chi connectivity index (χ1) is 11.6. The van der Waals surface area contributed by atoms with E-state index in [4.69, 9.17) is 13.7 Å². The van der Waals surface area contributed by atoms with Gasteiger partial charge in [-0.2, -0.15) is 0 Å². The Morgan fingerprint density at radius 1 is 0.917 bits per heavy atom. The number of Topliss-reactive ketones (excluding diaryl/α,β-unsaturated/α-hetero) is 1. The lowest BCUT2D eigenvalue weighted by molar-refractivity contribution is -0.126. The van der Waals surface area contributed by atoms with E-state index in [1.54, 1.807) is 0 Å². The van der Waals surface area contributed by atoms with Crippen LogP contribution in [0.4, 0.5) is 0 Å². The van der Waals surface area contributed by atoms with Gasteiger partial charge in [0, 0.05) is 47.1 Å². The quantitative estimate of drug-likeness (QED) is 0.195. The van der Waals surface area contributed by atoms with Gasteiger partial charge in [-0.15, -0.1) is 0 Å². The van der Waals surface area contributed by atoms with Crippen molar-refractivity contribution in [3.8, 4) is 0 Å². The lowest BCUT2D eigenvalue weighted by atomic mass is 10.2. The molecule has 0 aromatic rings. The summed E-state index contributed by atoms with van der Waals surface area (Å²) < 4.78 is 15.4. The molecule has 10 heteroatoms. The molecule has 0 rings (SSSR count). The van der Waals surface area contributed by atoms with Gasteiger partial charge in [0.1, 0.15) is 12.4 Å². The van der Waals surface area contributed by atoms with Crippen LogP contribution in [-0.4, -0.2) is 63.7 Å². The van der Waals surface area contributed by atoms with Crippen LogP contribution in [0, 0.1) is 0 Å². The van der Waals surface area contributed by atoms with Gasteiger partial charge in [0.2, 0.25) is 11.8 Å². The van der Waals surface area contributed by atoms with Gasteiger partial charge in [0.15, 0.2) is 0 Å². The van der Waals surface area contributed by atoms with Gasteiger partial charge in [-0.25, -0.2) is 0 Å². The van der Waals surface area contributed by atoms with Crippen molar-refractivity contribution in [1.82, 2.24) is 10.6 Å². The second-order valence-corrected chi connectivity index (χ2v) is 6.08. The molecule has 0 saturated heterocycles. The highest BCUT2D eigenvalue weighted by atomic mass is 127. The smallest absolute Gasteiger partial charge is 0.246 e. The number of hydrogen-bond donors (Lipinski definition) is 2. The van der Waals surface area contributed by atoms with Gasteiger partial charge in [0.25, 0.3) is 0 Å². The zero-order valence-electron chi connectivity index (χ0n) is 13.8. The third-order valence-electron chi connectivity index (χ3n) is 2.75. The number of carbonyl (C=O) groups is 3. The van der Waals surface area contributed by atoms with Crippen molar-refractivity contribution in [3.63, 3.8) is 0 Å². The van der Waals surface area contributed by atoms with Crippen molar-refractivity contribution in [2.45, 2.75) is 26.2 Å². The standard InChI is InChI=1S/C14H25IN2O6S/c1-2-12(18)3-7-21-9-5-17-14(20)11-22-10-6-16-13(19)4-8-23-24-15/h2-11H2,1H3,(H,16,19)(H,17,20). The van der Waals surface area contributed by atoms with E-state index in [2.05, 4.69) is 10.6 Å². The lowest BCUT2D eigenvalue weighted by Crippen LogP contribution is -2.32. The summed E-state index contributed by atoms with van der Waals surface area (Å²) >= 11 is 1.98. The first kappa shape index (κ1) is 23.6. The Labute approximate surface area is 158 Å². The molecule has 24 heavy (non-hydrogen) atoms. The molecule has 0 heterocycles. The summed E-state index contributed by atoms with van der Waals surface area (Å²) in [6, 6.07) is 0. The Balaban J connectivity index is 3.35. The van der Waals surface area contributed by atoms with Crippen LogP contribution in [0.15, 0.2) is 0 Å². The van der Waals surface area contributed by atoms with Crippen molar-refractivity contribution in [2.24, 2.45) is 0 Å². The molecule has 0 spiro atoms. The maximum atomic E-state index is 11.4. The zero-order chi connectivity index (χ0) is 18.0. The molecule has 0 atom stereocenters. The summed E-state index contributed by atoms with van der Waals surface area (Å²) in [7, 11) is 1.19. The molecule has 0 aliphatic heterocycles. The van der Waals surface area contributed by atoms with E-state index in [9.17, 15) is 14.4 Å². The Hall–Kier alpha value is -0.430. The molecule has 0 aromatic carbocycles. The third kappa shape index (κ3) is 16.4. The molecule has 0 saturated carbocycles. The summed E-state index contributed by atoms with van der Waals surface area (Å²) in [5, 5.41) is 5.30. The van der Waals surface area contributed by atoms with E-state index in [0.717, 1.165) is 0 Å². The van der Waals surface area contributed by atoms with E-state index < -0.39 is 0 Å². The first-order valence-corrected chi connectivity index (χ1v) is 11.0. The summed E-state index contributed by atoms with van der Waals surface area (Å²) in [6.07, 6.45) is 1.21. The Kier molecular flexibility index (Phi) is 17.1. The lowest BCUT2D eigenvalue weighted by Gasteiger charge is -2.08. The van der Waals surface area contributed by atoms with E-state index >= 15 is 0 Å². The number of ether oxygens (including phenoxy) is 2. The SMILES string of the molecule is CCC(=O)CCOCCNC(=O)COCCNC(=O)CCOSI. The molecule has 0 aliphatic carbocycles. The largest absolute Gasteiger partial charge is 0.379 e. The van der Waals surface area contributed by atoms with Gasteiger partial charge < -0.3 is 24.3 Å². The van der Waals surface area contributed by atoms with Crippen LogP contribution >= 0.6 is 30.4 Å². The van der Waals surface area contributed by atoms with Crippen molar-refractivity contribution in [2.75, 3.05) is 46.1 Å². The normalized spacial score (nSPS) is 10.4. The van der Waals surface area contributed by atoms with Crippen molar-refractivity contribution in [3.05, 3.63) is 0 Å². The summed E-state index contributed by atoms with van der Waals surface area (Å²) in [5.41, 5.74) is 0. The predicted molar refractivity (Wildman–Crippen MR) is 99.8 cm³/mol. The van der Waals surface area contributed by atoms with Crippen molar-refractivity contribution < 1.29 is 28.0 Å². The maximum absolute atomic E-state index is 11.4. The predicted octanol–water partition coefficient (Wildman–Crippen LogP) is 1.03. The van der Waals surface area contributed by atoms with E-state index in [-0.39, 0.29) is 30.8 Å². The van der Waals surface area contributed by atoms with Crippen LogP contribution in [0.2, 0.25) is 0 Å². The summed E-state index contributed by atoms with van der Waals surface area (Å²) in [4.78, 5) is 33.8. The van der Waals surface area contributed by atoms with Crippen LogP contribution < -0.4 is 10.6 Å². The molecule has 140 valence electrons. The fraction of sp³-hybridized carbons (Fsp3) is 0.786. The van der Waals surface area contributed by atoms with Crippen LogP contribution in [-0.2, 0) is 28.0 Å². The van der Waals surface area contributed by atoms with Crippen LogP contribution in [0.3, 0.4) is 0 Å². The number of halogens is 1. The number of amides is 2. The van der Waals surface area contributed by atoms with Crippen LogP contribution in [0.1, 0.15) is 26.2 Å². The number of rotatable bonds is 16. The second-order valence-electron chi connectivity index (χ2n) is 4.64. The number of carbonyl (C=O) groups excluding carboxylic acids is 3. The minimum Gasteiger partial charge on any atom is -0.379 e. The fourth-order valence-electron chi connectivity index (χ4n) is 1.46. The van der Waals surface area contributed by atoms with Gasteiger partial charge in [-0.05, 0) is 0 Å². The maximum Gasteiger partial charge on any atom is 0.246 e. The highest BCUT2D eigenvalue weighted by molar-refractivity contribution is 14.2. The van der Waals surface area contributed by atoms with E-state index in [0.29, 0.717) is 52.2 Å². The highest BCUT2D eigenvalue weighted by Gasteiger charge is 2.03. The fourth-order valence-corrected chi connectivity index (χ4v) is 2.15. The second kappa shape index (κ2) is 17.4. The van der Waals surface area contributed by atoms with Crippen molar-refractivity contribution in [1.29, 1.82) is 0 Å². The molecule has 0 bridgehead atoms. The number of nitrogens with one attached hydrogen (secondary N) is 2. The molecule has 0 aliphatic rings. The number of ketones is 1. The van der Waals surface area contributed by atoms with Crippen LogP contribution in [0.5, 0.6) is 0 Å². The molecule has 0 aromatic heterocycles. The molecule has 2 N–H and O–H groups in total. The molecular formula is C14H25IN2O6S. The van der Waals surface area contributed by atoms with Gasteiger partial charge in [-0.3, -0.25) is 14.4 Å². The highest BCUT2D eigenvalue weighted by Crippen LogP contribution is 2.11. The minimum absolute atomic E-state index is 0.0707. The molecule has 0 unspecified atom stereocenters. The third-order valence-corrected chi connectivity index (χ3v) is 3.77. The van der Waals surface area contributed by atoms with Crippen LogP contribution in [0.25, 0.3) is 0 Å². The van der Waals surface area contributed by atoms with E-state index in [1.165, 1.54) is 9.21 Å². The Morgan fingerprint density at radius 2 is 1.58 bits per heavy atom. The monoisotopic (exact) mass is 476 g/mol. The zero-order valence-corrected chi connectivity index (χ0v) is 16.8. The Bertz CT molecular complexity index is 373. The summed E-state index contributed by atoms with van der Waals surface area (Å²) in [6.45, 7) is 3.81.